The largest absolute Gasteiger partial charge is 0.311 e. The molecule has 1 saturated carbocycles. The van der Waals surface area contributed by atoms with Crippen molar-refractivity contribution in [3.8, 4) is 17.2 Å². The fourth-order valence-corrected chi connectivity index (χ4v) is 3.80. The number of amides is 1. The number of aromatic amines is 1. The number of rotatable bonds is 6. The summed E-state index contributed by atoms with van der Waals surface area (Å²) in [5, 5.41) is 23.6. The number of anilines is 1. The third-order valence-corrected chi connectivity index (χ3v) is 5.58. The number of alkyl halides is 1. The van der Waals surface area contributed by atoms with Gasteiger partial charge in [0.05, 0.1) is 17.1 Å². The first-order chi connectivity index (χ1) is 14.1. The van der Waals surface area contributed by atoms with Gasteiger partial charge in [0.25, 0.3) is 0 Å². The smallest absolute Gasteiger partial charge is 0.228 e. The van der Waals surface area contributed by atoms with Gasteiger partial charge in [-0.05, 0) is 48.7 Å². The van der Waals surface area contributed by atoms with Crippen LogP contribution in [-0.2, 0) is 4.79 Å². The number of nitriles is 1. The van der Waals surface area contributed by atoms with Gasteiger partial charge < -0.3 is 10.6 Å². The van der Waals surface area contributed by atoms with Crippen molar-refractivity contribution in [2.75, 3.05) is 18.5 Å². The second-order valence-electron chi connectivity index (χ2n) is 7.14. The summed E-state index contributed by atoms with van der Waals surface area (Å²) in [7, 11) is 0. The number of aromatic nitrogens is 2. The Morgan fingerprint density at radius 3 is 2.83 bits per heavy atom. The average molecular weight is 448 g/mol. The van der Waals surface area contributed by atoms with Crippen LogP contribution in [0.4, 0.5) is 10.2 Å². The van der Waals surface area contributed by atoms with Crippen molar-refractivity contribution in [1.82, 2.24) is 15.5 Å². The van der Waals surface area contributed by atoms with Crippen LogP contribution < -0.4 is 10.6 Å². The van der Waals surface area contributed by atoms with Crippen LogP contribution in [0.1, 0.15) is 18.4 Å². The van der Waals surface area contributed by atoms with Gasteiger partial charge in [-0.2, -0.15) is 10.4 Å². The minimum absolute atomic E-state index is 0. The Hall–Kier alpha value is -2.66. The van der Waals surface area contributed by atoms with E-state index in [1.165, 1.54) is 0 Å². The molecule has 3 aromatic rings. The third kappa shape index (κ3) is 4.41. The quantitative estimate of drug-likeness (QED) is 0.519. The molecule has 1 heterocycles. The first kappa shape index (κ1) is 22.0. The summed E-state index contributed by atoms with van der Waals surface area (Å²) in [6.07, 6.45) is 1.38. The highest BCUT2D eigenvalue weighted by Gasteiger charge is 2.34. The Labute approximate surface area is 184 Å². The molecule has 6 nitrogen and oxygen atoms in total. The molecule has 0 aliphatic heterocycles. The van der Waals surface area contributed by atoms with Crippen molar-refractivity contribution in [3.05, 3.63) is 47.0 Å². The molecule has 0 atom stereocenters. The van der Waals surface area contributed by atoms with E-state index in [1.807, 2.05) is 18.2 Å². The van der Waals surface area contributed by atoms with Gasteiger partial charge in [0.1, 0.15) is 6.67 Å². The molecule has 156 valence electrons. The molecule has 0 unspecified atom stereocenters. The fourth-order valence-electron chi connectivity index (χ4n) is 3.57. The molecule has 1 aliphatic carbocycles. The fraction of sp³-hybridized carbons (Fsp3) is 0.286. The number of hydrogen-bond acceptors (Lipinski definition) is 4. The lowest BCUT2D eigenvalue weighted by molar-refractivity contribution is -0.122. The van der Waals surface area contributed by atoms with Crippen molar-refractivity contribution in [3.63, 3.8) is 0 Å². The second-order valence-corrected chi connectivity index (χ2v) is 7.54. The molecule has 3 N–H and O–H groups in total. The molecule has 0 bridgehead atoms. The van der Waals surface area contributed by atoms with E-state index >= 15 is 0 Å². The van der Waals surface area contributed by atoms with Gasteiger partial charge in [-0.15, -0.1) is 12.4 Å². The topological polar surface area (TPSA) is 93.6 Å². The van der Waals surface area contributed by atoms with E-state index in [0.29, 0.717) is 35.8 Å². The molecule has 1 aliphatic rings. The molecule has 30 heavy (non-hydrogen) atoms. The molecule has 0 radical (unpaired) electrons. The van der Waals surface area contributed by atoms with Crippen LogP contribution in [0, 0.1) is 17.2 Å². The Bertz CT molecular complexity index is 1100. The minimum Gasteiger partial charge on any atom is -0.311 e. The molecule has 2 aromatic carbocycles. The molecule has 1 aromatic heterocycles. The second kappa shape index (κ2) is 9.43. The number of carbonyl (C=O) groups is 1. The van der Waals surface area contributed by atoms with Gasteiger partial charge >= 0.3 is 0 Å². The van der Waals surface area contributed by atoms with Crippen molar-refractivity contribution in [2.24, 2.45) is 5.92 Å². The highest BCUT2D eigenvalue weighted by molar-refractivity contribution is 6.33. The maximum Gasteiger partial charge on any atom is 0.228 e. The van der Waals surface area contributed by atoms with Crippen LogP contribution in [0.3, 0.4) is 0 Å². The summed E-state index contributed by atoms with van der Waals surface area (Å²) in [4.78, 5) is 12.5. The number of hydrogen-bond donors (Lipinski definition) is 3. The van der Waals surface area contributed by atoms with E-state index in [-0.39, 0.29) is 30.3 Å². The lowest BCUT2D eigenvalue weighted by Crippen LogP contribution is -2.46. The molecular formula is C21H20Cl2FN5O. The molecule has 1 fully saturated rings. The Morgan fingerprint density at radius 2 is 2.10 bits per heavy atom. The summed E-state index contributed by atoms with van der Waals surface area (Å²) in [5.41, 5.74) is 2.88. The zero-order chi connectivity index (χ0) is 20.4. The molecule has 4 rings (SSSR count). The number of H-pyrrole nitrogens is 1. The van der Waals surface area contributed by atoms with E-state index in [0.717, 1.165) is 22.0 Å². The highest BCUT2D eigenvalue weighted by Crippen LogP contribution is 2.33. The maximum absolute atomic E-state index is 12.5. The summed E-state index contributed by atoms with van der Waals surface area (Å²) < 4.78 is 12.2. The van der Waals surface area contributed by atoms with Gasteiger partial charge in [-0.3, -0.25) is 9.89 Å². The van der Waals surface area contributed by atoms with Gasteiger partial charge in [-0.1, -0.05) is 17.7 Å². The molecule has 1 amide bonds. The summed E-state index contributed by atoms with van der Waals surface area (Å²) in [5.74, 6) is 0.259. The summed E-state index contributed by atoms with van der Waals surface area (Å²) in [6.45, 7) is -0.0857. The zero-order valence-corrected chi connectivity index (χ0v) is 17.5. The van der Waals surface area contributed by atoms with Gasteiger partial charge in [0.2, 0.25) is 5.91 Å². The minimum atomic E-state index is -0.407. The van der Waals surface area contributed by atoms with Crippen LogP contribution in [0.25, 0.3) is 22.0 Å². The van der Waals surface area contributed by atoms with E-state index in [9.17, 15) is 9.18 Å². The van der Waals surface area contributed by atoms with E-state index in [2.05, 4.69) is 26.9 Å². The highest BCUT2D eigenvalue weighted by atomic mass is 35.5. The molecular weight excluding hydrogens is 428 g/mol. The summed E-state index contributed by atoms with van der Waals surface area (Å²) in [6, 6.07) is 13.1. The van der Waals surface area contributed by atoms with Gasteiger partial charge in [0.15, 0.2) is 5.82 Å². The lowest BCUT2D eigenvalue weighted by atomic mass is 9.79. The first-order valence-corrected chi connectivity index (χ1v) is 9.75. The molecule has 0 spiro atoms. The normalized spacial score (nSPS) is 17.6. The number of nitrogens with one attached hydrogen (secondary N) is 3. The molecule has 9 heteroatoms. The molecule has 0 saturated heterocycles. The van der Waals surface area contributed by atoms with E-state index in [1.54, 1.807) is 18.2 Å². The lowest BCUT2D eigenvalue weighted by Gasteiger charge is -2.34. The van der Waals surface area contributed by atoms with Crippen molar-refractivity contribution < 1.29 is 9.18 Å². The Morgan fingerprint density at radius 1 is 1.30 bits per heavy atom. The van der Waals surface area contributed by atoms with Gasteiger partial charge in [-0.25, -0.2) is 4.39 Å². The number of fused-ring (bicyclic) bond motifs is 1. The first-order valence-electron chi connectivity index (χ1n) is 9.37. The van der Waals surface area contributed by atoms with Crippen molar-refractivity contribution >= 4 is 46.6 Å². The van der Waals surface area contributed by atoms with Crippen LogP contribution in [-0.4, -0.2) is 35.4 Å². The van der Waals surface area contributed by atoms with Crippen LogP contribution >= 0.6 is 24.0 Å². The third-order valence-electron chi connectivity index (χ3n) is 5.25. The van der Waals surface area contributed by atoms with Crippen LogP contribution in [0.5, 0.6) is 0 Å². The number of carbonyl (C=O) groups excluding carboxylic acids is 1. The van der Waals surface area contributed by atoms with Gasteiger partial charge in [0, 0.05) is 34.5 Å². The van der Waals surface area contributed by atoms with Crippen LogP contribution in [0.2, 0.25) is 5.02 Å². The number of benzene rings is 2. The Kier molecular flexibility index (Phi) is 6.93. The van der Waals surface area contributed by atoms with Crippen molar-refractivity contribution in [1.29, 1.82) is 5.26 Å². The van der Waals surface area contributed by atoms with Crippen LogP contribution in [0.15, 0.2) is 36.4 Å². The average Bonchev–Trinajstić information content (AvgIpc) is 3.09. The van der Waals surface area contributed by atoms with E-state index < -0.39 is 6.67 Å². The monoisotopic (exact) mass is 447 g/mol. The SMILES string of the molecule is Cl.N#Cc1ccc(Cl)c(-c2ccc3[nH]nc(NC(=O)C4CC(NCCF)C4)c3c2)c1. The summed E-state index contributed by atoms with van der Waals surface area (Å²) >= 11 is 6.32. The van der Waals surface area contributed by atoms with Crippen molar-refractivity contribution in [2.45, 2.75) is 18.9 Å². The predicted molar refractivity (Wildman–Crippen MR) is 118 cm³/mol. The Balaban J connectivity index is 0.00000256. The van der Waals surface area contributed by atoms with E-state index in [4.69, 9.17) is 16.9 Å². The maximum atomic E-state index is 12.5. The zero-order valence-electron chi connectivity index (χ0n) is 15.9. The number of halogens is 3. The predicted octanol–water partition coefficient (Wildman–Crippen LogP) is 4.45. The number of nitrogens with zero attached hydrogens (tertiary/aromatic N) is 2. The standard InChI is InChI=1S/C21H19ClFN5O.ClH/c22-18-3-1-12(11-24)7-16(18)13-2-4-19-17(10-13)20(28-27-19)26-21(29)14-8-15(9-14)25-6-5-23;/h1-4,7,10,14-15,25H,5-6,8-9H2,(H2,26,27,28,29);1H.